The highest BCUT2D eigenvalue weighted by atomic mass is 32.2. The third-order valence-corrected chi connectivity index (χ3v) is 4.13. The maximum absolute atomic E-state index is 12.0. The first-order valence-corrected chi connectivity index (χ1v) is 8.98. The van der Waals surface area contributed by atoms with Crippen LogP contribution in [-0.2, 0) is 14.4 Å². The van der Waals surface area contributed by atoms with Crippen LogP contribution in [0.3, 0.4) is 0 Å². The van der Waals surface area contributed by atoms with Crippen LogP contribution in [-0.4, -0.2) is 34.4 Å². The lowest BCUT2D eigenvalue weighted by molar-refractivity contribution is -0.115. The molecule has 0 saturated heterocycles. The van der Waals surface area contributed by atoms with E-state index in [4.69, 9.17) is 4.52 Å². The minimum Gasteiger partial charge on any atom is -0.360 e. The molecule has 0 spiro atoms. The lowest BCUT2D eigenvalue weighted by atomic mass is 10.2. The first-order chi connectivity index (χ1) is 12.3. The van der Waals surface area contributed by atoms with Gasteiger partial charge in [-0.15, -0.1) is 11.8 Å². The van der Waals surface area contributed by atoms with E-state index < -0.39 is 0 Å². The van der Waals surface area contributed by atoms with Gasteiger partial charge in [-0.1, -0.05) is 11.2 Å². The fraction of sp³-hybridized carbons (Fsp3) is 0.294. The molecule has 0 aliphatic heterocycles. The van der Waals surface area contributed by atoms with Crippen molar-refractivity contribution in [3.63, 3.8) is 0 Å². The van der Waals surface area contributed by atoms with E-state index >= 15 is 0 Å². The average Bonchev–Trinajstić information content (AvgIpc) is 2.95. The van der Waals surface area contributed by atoms with E-state index in [1.54, 1.807) is 31.2 Å². The molecule has 0 bridgehead atoms. The van der Waals surface area contributed by atoms with Crippen molar-refractivity contribution in [2.24, 2.45) is 0 Å². The summed E-state index contributed by atoms with van der Waals surface area (Å²) < 4.78 is 4.85. The van der Waals surface area contributed by atoms with Crippen LogP contribution in [0.1, 0.15) is 18.2 Å². The minimum atomic E-state index is -0.264. The fourth-order valence-electron chi connectivity index (χ4n) is 2.06. The van der Waals surface area contributed by atoms with Gasteiger partial charge in [-0.25, -0.2) is 0 Å². The molecule has 1 aromatic heterocycles. The number of thioether (sulfide) groups is 1. The molecular weight excluding hydrogens is 356 g/mol. The zero-order valence-corrected chi connectivity index (χ0v) is 15.5. The molecule has 0 unspecified atom stereocenters. The molecule has 9 heteroatoms. The summed E-state index contributed by atoms with van der Waals surface area (Å²) in [6.45, 7) is 5.01. The smallest absolute Gasteiger partial charge is 0.235 e. The molecule has 1 aromatic carbocycles. The quantitative estimate of drug-likeness (QED) is 0.684. The molecule has 26 heavy (non-hydrogen) atoms. The highest BCUT2D eigenvalue weighted by Gasteiger charge is 2.09. The summed E-state index contributed by atoms with van der Waals surface area (Å²) in [5, 5.41) is 11.7. The maximum Gasteiger partial charge on any atom is 0.235 e. The Labute approximate surface area is 155 Å². The molecule has 138 valence electrons. The molecule has 0 aliphatic rings. The van der Waals surface area contributed by atoms with Crippen molar-refractivity contribution >= 4 is 46.7 Å². The summed E-state index contributed by atoms with van der Waals surface area (Å²) in [6.07, 6.45) is 0. The number of anilines is 3. The molecule has 0 radical (unpaired) electrons. The van der Waals surface area contributed by atoms with Crippen molar-refractivity contribution < 1.29 is 18.9 Å². The average molecular weight is 376 g/mol. The normalized spacial score (nSPS) is 10.3. The van der Waals surface area contributed by atoms with Crippen LogP contribution in [0.4, 0.5) is 17.2 Å². The first kappa shape index (κ1) is 19.5. The molecule has 2 rings (SSSR count). The number of nitrogens with one attached hydrogen (secondary N) is 3. The van der Waals surface area contributed by atoms with Gasteiger partial charge in [0.2, 0.25) is 17.7 Å². The molecule has 0 atom stereocenters. The van der Waals surface area contributed by atoms with Gasteiger partial charge in [-0.05, 0) is 31.5 Å². The summed E-state index contributed by atoms with van der Waals surface area (Å²) in [5.74, 6) is 0.503. The Kier molecular flexibility index (Phi) is 6.79. The fourth-order valence-corrected chi connectivity index (χ4v) is 2.68. The van der Waals surface area contributed by atoms with E-state index in [2.05, 4.69) is 21.1 Å². The van der Waals surface area contributed by atoms with Crippen molar-refractivity contribution in [1.82, 2.24) is 5.16 Å². The highest BCUT2D eigenvalue weighted by molar-refractivity contribution is 8.00. The Morgan fingerprint density at radius 1 is 1.04 bits per heavy atom. The largest absolute Gasteiger partial charge is 0.360 e. The van der Waals surface area contributed by atoms with Crippen LogP contribution in [0.5, 0.6) is 0 Å². The Morgan fingerprint density at radius 3 is 2.35 bits per heavy atom. The molecule has 3 N–H and O–H groups in total. The lowest BCUT2D eigenvalue weighted by Gasteiger charge is -2.10. The molecule has 3 amide bonds. The number of hydrogen-bond donors (Lipinski definition) is 3. The lowest BCUT2D eigenvalue weighted by Crippen LogP contribution is -2.18. The van der Waals surface area contributed by atoms with Gasteiger partial charge >= 0.3 is 0 Å². The summed E-state index contributed by atoms with van der Waals surface area (Å²) >= 11 is 1.18. The van der Waals surface area contributed by atoms with Crippen molar-refractivity contribution in [3.8, 4) is 0 Å². The zero-order chi connectivity index (χ0) is 19.1. The number of aromatic nitrogens is 1. The first-order valence-electron chi connectivity index (χ1n) is 7.82. The van der Waals surface area contributed by atoms with Gasteiger partial charge in [-0.3, -0.25) is 14.4 Å². The van der Waals surface area contributed by atoms with E-state index in [0.29, 0.717) is 23.0 Å². The molecule has 0 saturated carbocycles. The van der Waals surface area contributed by atoms with E-state index in [0.717, 1.165) is 5.56 Å². The molecular formula is C17H20N4O4S. The second kappa shape index (κ2) is 9.04. The van der Waals surface area contributed by atoms with E-state index in [1.165, 1.54) is 18.7 Å². The number of hydrogen-bond acceptors (Lipinski definition) is 6. The summed E-state index contributed by atoms with van der Waals surface area (Å²) in [5.41, 5.74) is 2.12. The van der Waals surface area contributed by atoms with Crippen molar-refractivity contribution in [1.29, 1.82) is 0 Å². The van der Waals surface area contributed by atoms with Gasteiger partial charge in [0.05, 0.1) is 11.5 Å². The highest BCUT2D eigenvalue weighted by Crippen LogP contribution is 2.20. The van der Waals surface area contributed by atoms with Crippen LogP contribution in [0.2, 0.25) is 0 Å². The Balaban J connectivity index is 1.78. The van der Waals surface area contributed by atoms with Crippen molar-refractivity contribution in [2.75, 3.05) is 27.5 Å². The number of benzene rings is 1. The van der Waals surface area contributed by atoms with Crippen molar-refractivity contribution in [2.45, 2.75) is 20.8 Å². The van der Waals surface area contributed by atoms with Gasteiger partial charge in [0.25, 0.3) is 0 Å². The van der Waals surface area contributed by atoms with Crippen LogP contribution in [0, 0.1) is 13.8 Å². The number of carbonyl (C=O) groups is 3. The number of nitrogens with zero attached hydrogens (tertiary/aromatic N) is 1. The number of aryl methyl sites for hydroxylation is 2. The third-order valence-electron chi connectivity index (χ3n) is 3.19. The van der Waals surface area contributed by atoms with Gasteiger partial charge < -0.3 is 20.5 Å². The standard InChI is InChI=1S/C17H20N4O4S/c1-10-4-5-13(7-14(10)18-12(3)22)19-16(23)8-26-9-17(24)20-15-6-11(2)25-21-15/h4-7H,8-9H2,1-3H3,(H,18,22)(H,19,23)(H,20,21,24). The SMILES string of the molecule is CC(=O)Nc1cc(NC(=O)CSCC(=O)Nc2cc(C)on2)ccc1C. The second-order valence-electron chi connectivity index (χ2n) is 5.62. The monoisotopic (exact) mass is 376 g/mol. The van der Waals surface area contributed by atoms with E-state index in [9.17, 15) is 14.4 Å². The zero-order valence-electron chi connectivity index (χ0n) is 14.7. The Morgan fingerprint density at radius 2 is 1.73 bits per heavy atom. The van der Waals surface area contributed by atoms with E-state index in [1.807, 2.05) is 6.92 Å². The van der Waals surface area contributed by atoms with Gasteiger partial charge in [-0.2, -0.15) is 0 Å². The van der Waals surface area contributed by atoms with Crippen LogP contribution in [0.25, 0.3) is 0 Å². The van der Waals surface area contributed by atoms with Gasteiger partial charge in [0.1, 0.15) is 5.76 Å². The summed E-state index contributed by atoms with van der Waals surface area (Å²) in [4.78, 5) is 34.9. The van der Waals surface area contributed by atoms with Crippen LogP contribution < -0.4 is 16.0 Å². The molecule has 0 aliphatic carbocycles. The van der Waals surface area contributed by atoms with Crippen molar-refractivity contribution in [3.05, 3.63) is 35.6 Å². The Bertz CT molecular complexity index is 819. The van der Waals surface area contributed by atoms with E-state index in [-0.39, 0.29) is 29.2 Å². The Hall–Kier alpha value is -2.81. The molecule has 1 heterocycles. The minimum absolute atomic E-state index is 0.115. The van der Waals surface area contributed by atoms with Crippen LogP contribution in [0.15, 0.2) is 28.8 Å². The number of amides is 3. The summed E-state index contributed by atoms with van der Waals surface area (Å²) in [6, 6.07) is 6.86. The summed E-state index contributed by atoms with van der Waals surface area (Å²) in [7, 11) is 0. The predicted molar refractivity (Wildman–Crippen MR) is 101 cm³/mol. The second-order valence-corrected chi connectivity index (χ2v) is 6.61. The molecule has 2 aromatic rings. The number of carbonyl (C=O) groups excluding carboxylic acids is 3. The molecule has 8 nitrogen and oxygen atoms in total. The maximum atomic E-state index is 12.0. The topological polar surface area (TPSA) is 113 Å². The molecule has 0 fully saturated rings. The van der Waals surface area contributed by atoms with Gasteiger partial charge in [0, 0.05) is 24.4 Å². The van der Waals surface area contributed by atoms with Crippen LogP contribution >= 0.6 is 11.8 Å². The third kappa shape index (κ3) is 6.25. The van der Waals surface area contributed by atoms with Gasteiger partial charge in [0.15, 0.2) is 5.82 Å². The number of rotatable bonds is 7. The predicted octanol–water partition coefficient (Wildman–Crippen LogP) is 2.56.